The first-order chi connectivity index (χ1) is 14.2. The van der Waals surface area contributed by atoms with Crippen LogP contribution < -0.4 is 5.32 Å². The number of piperidine rings is 1. The molecule has 0 bridgehead atoms. The van der Waals surface area contributed by atoms with Gasteiger partial charge in [-0.2, -0.15) is 0 Å². The van der Waals surface area contributed by atoms with Crippen molar-refractivity contribution in [2.45, 2.75) is 25.0 Å². The number of rotatable bonds is 7. The Bertz CT molecular complexity index is 997. The third-order valence-corrected chi connectivity index (χ3v) is 7.76. The highest BCUT2D eigenvalue weighted by Gasteiger charge is 2.32. The highest BCUT2D eigenvalue weighted by Crippen LogP contribution is 2.26. The van der Waals surface area contributed by atoms with Gasteiger partial charge < -0.3 is 5.32 Å². The van der Waals surface area contributed by atoms with Crippen molar-refractivity contribution in [3.63, 3.8) is 0 Å². The van der Waals surface area contributed by atoms with Gasteiger partial charge in [0.05, 0.1) is 11.7 Å². The van der Waals surface area contributed by atoms with Crippen LogP contribution >= 0.6 is 34.8 Å². The van der Waals surface area contributed by atoms with Crippen molar-refractivity contribution in [1.29, 1.82) is 0 Å². The molecule has 5 nitrogen and oxygen atoms in total. The minimum Gasteiger partial charge on any atom is -0.355 e. The lowest BCUT2D eigenvalue weighted by atomic mass is 9.99. The Hall–Kier alpha value is -1.31. The molecule has 3 rings (SSSR count). The number of carbonyl (C=O) groups is 1. The molecule has 0 aromatic heterocycles. The lowest BCUT2D eigenvalue weighted by Gasteiger charge is -2.31. The smallest absolute Gasteiger partial charge is 0.224 e. The maximum Gasteiger partial charge on any atom is 0.224 e. The van der Waals surface area contributed by atoms with Crippen LogP contribution in [-0.2, 0) is 27.0 Å². The van der Waals surface area contributed by atoms with E-state index < -0.39 is 10.0 Å². The number of amides is 1. The third kappa shape index (κ3) is 6.34. The van der Waals surface area contributed by atoms with Gasteiger partial charge in [-0.15, -0.1) is 0 Å². The fraction of sp³-hybridized carbons (Fsp3) is 0.381. The first-order valence-corrected chi connectivity index (χ1v) is 12.4. The predicted molar refractivity (Wildman–Crippen MR) is 122 cm³/mol. The number of hydrogen-bond acceptors (Lipinski definition) is 3. The molecule has 1 aliphatic heterocycles. The summed E-state index contributed by atoms with van der Waals surface area (Å²) in [7, 11) is -3.59. The van der Waals surface area contributed by atoms with E-state index in [0.717, 1.165) is 5.56 Å². The largest absolute Gasteiger partial charge is 0.355 e. The number of hydrogen-bond donors (Lipinski definition) is 1. The molecule has 0 unspecified atom stereocenters. The normalized spacial score (nSPS) is 17.6. The zero-order valence-electron chi connectivity index (χ0n) is 16.3. The SMILES string of the molecule is O=C(NCCc1ccc(Cl)cc1)[C@@H]1CCCN(S(=O)(=O)Cc2ccc(Cl)cc2Cl)C1. The lowest BCUT2D eigenvalue weighted by molar-refractivity contribution is -0.126. The summed E-state index contributed by atoms with van der Waals surface area (Å²) < 4.78 is 27.2. The number of halogens is 3. The van der Waals surface area contributed by atoms with Crippen LogP contribution in [0.4, 0.5) is 0 Å². The fourth-order valence-corrected chi connectivity index (χ4v) is 5.78. The lowest BCUT2D eigenvalue weighted by Crippen LogP contribution is -2.46. The van der Waals surface area contributed by atoms with Crippen LogP contribution in [0.5, 0.6) is 0 Å². The fourth-order valence-electron chi connectivity index (χ4n) is 3.46. The monoisotopic (exact) mass is 488 g/mol. The number of nitrogens with one attached hydrogen (secondary N) is 1. The Morgan fingerprint density at radius 1 is 1.07 bits per heavy atom. The summed E-state index contributed by atoms with van der Waals surface area (Å²) in [5, 5.41) is 4.37. The first-order valence-electron chi connectivity index (χ1n) is 9.68. The van der Waals surface area contributed by atoms with Crippen LogP contribution in [0.15, 0.2) is 42.5 Å². The van der Waals surface area contributed by atoms with Gasteiger partial charge in [0.15, 0.2) is 0 Å². The average Bonchev–Trinajstić information content (AvgIpc) is 2.71. The van der Waals surface area contributed by atoms with Crippen molar-refractivity contribution in [3.05, 3.63) is 68.7 Å². The molecule has 0 spiro atoms. The van der Waals surface area contributed by atoms with Crippen molar-refractivity contribution >= 4 is 50.7 Å². The maximum atomic E-state index is 12.9. The number of benzene rings is 2. The van der Waals surface area contributed by atoms with Gasteiger partial charge in [-0.05, 0) is 54.7 Å². The minimum absolute atomic E-state index is 0.117. The molecule has 9 heteroatoms. The second-order valence-corrected chi connectivity index (χ2v) is 10.6. The predicted octanol–water partition coefficient (Wildman–Crippen LogP) is 4.55. The highest BCUT2D eigenvalue weighted by molar-refractivity contribution is 7.88. The van der Waals surface area contributed by atoms with Gasteiger partial charge in [0.2, 0.25) is 15.9 Å². The number of carbonyl (C=O) groups excluding carboxylic acids is 1. The Kier molecular flexibility index (Phi) is 8.04. The quantitative estimate of drug-likeness (QED) is 0.620. The molecule has 1 saturated heterocycles. The molecule has 0 saturated carbocycles. The van der Waals surface area contributed by atoms with E-state index >= 15 is 0 Å². The van der Waals surface area contributed by atoms with Gasteiger partial charge >= 0.3 is 0 Å². The van der Waals surface area contributed by atoms with E-state index in [4.69, 9.17) is 34.8 Å². The van der Waals surface area contributed by atoms with Crippen LogP contribution in [0.25, 0.3) is 0 Å². The molecular formula is C21H23Cl3N2O3S. The Morgan fingerprint density at radius 3 is 2.47 bits per heavy atom. The topological polar surface area (TPSA) is 66.5 Å². The molecule has 0 aliphatic carbocycles. The molecule has 1 amide bonds. The Labute approximate surface area is 192 Å². The molecule has 1 fully saturated rings. The van der Waals surface area contributed by atoms with Gasteiger partial charge in [-0.1, -0.05) is 53.0 Å². The second kappa shape index (κ2) is 10.3. The van der Waals surface area contributed by atoms with E-state index in [1.165, 1.54) is 10.4 Å². The van der Waals surface area contributed by atoms with E-state index in [2.05, 4.69) is 5.32 Å². The van der Waals surface area contributed by atoms with Crippen molar-refractivity contribution < 1.29 is 13.2 Å². The van der Waals surface area contributed by atoms with E-state index in [0.29, 0.717) is 53.0 Å². The molecular weight excluding hydrogens is 467 g/mol. The average molecular weight is 490 g/mol. The van der Waals surface area contributed by atoms with Crippen LogP contribution in [0, 0.1) is 5.92 Å². The molecule has 1 N–H and O–H groups in total. The Morgan fingerprint density at radius 2 is 1.77 bits per heavy atom. The summed E-state index contributed by atoms with van der Waals surface area (Å²) in [5.74, 6) is -0.693. The molecule has 1 atom stereocenters. The second-order valence-electron chi connectivity index (χ2n) is 7.36. The van der Waals surface area contributed by atoms with E-state index in [-0.39, 0.29) is 24.1 Å². The Balaban J connectivity index is 1.55. The summed E-state index contributed by atoms with van der Waals surface area (Å²) in [4.78, 5) is 12.6. The highest BCUT2D eigenvalue weighted by atomic mass is 35.5. The van der Waals surface area contributed by atoms with Gasteiger partial charge in [-0.25, -0.2) is 12.7 Å². The summed E-state index contributed by atoms with van der Waals surface area (Å²) in [6.07, 6.45) is 2.00. The minimum atomic E-state index is -3.59. The van der Waals surface area contributed by atoms with Gasteiger partial charge in [-0.3, -0.25) is 4.79 Å². The first kappa shape index (κ1) is 23.4. The van der Waals surface area contributed by atoms with Crippen LogP contribution in [-0.4, -0.2) is 38.3 Å². The summed E-state index contributed by atoms with van der Waals surface area (Å²) in [6, 6.07) is 12.2. The summed E-state index contributed by atoms with van der Waals surface area (Å²) in [6.45, 7) is 1.08. The van der Waals surface area contributed by atoms with Crippen LogP contribution in [0.3, 0.4) is 0 Å². The zero-order valence-corrected chi connectivity index (χ0v) is 19.4. The molecule has 1 heterocycles. The van der Waals surface area contributed by atoms with E-state index in [1.54, 1.807) is 12.1 Å². The molecule has 2 aromatic rings. The van der Waals surface area contributed by atoms with E-state index in [1.807, 2.05) is 24.3 Å². The maximum absolute atomic E-state index is 12.9. The molecule has 1 aliphatic rings. The summed E-state index contributed by atoms with van der Waals surface area (Å²) in [5.41, 5.74) is 1.57. The third-order valence-electron chi connectivity index (χ3n) is 5.13. The van der Waals surface area contributed by atoms with Crippen molar-refractivity contribution in [1.82, 2.24) is 9.62 Å². The molecule has 162 valence electrons. The number of sulfonamides is 1. The molecule has 2 aromatic carbocycles. The van der Waals surface area contributed by atoms with Crippen molar-refractivity contribution in [2.75, 3.05) is 19.6 Å². The molecule has 30 heavy (non-hydrogen) atoms. The van der Waals surface area contributed by atoms with Crippen molar-refractivity contribution in [3.8, 4) is 0 Å². The standard InChI is InChI=1S/C21H23Cl3N2O3S/c22-18-6-3-15(4-7-18)9-10-25-21(27)16-2-1-11-26(13-16)30(28,29)14-17-5-8-19(23)12-20(17)24/h3-8,12,16H,1-2,9-11,13-14H2,(H,25,27)/t16-/m1/s1. The summed E-state index contributed by atoms with van der Waals surface area (Å²) >= 11 is 17.9. The number of nitrogens with zero attached hydrogens (tertiary/aromatic N) is 1. The molecule has 0 radical (unpaired) electrons. The van der Waals surface area contributed by atoms with Crippen LogP contribution in [0.2, 0.25) is 15.1 Å². The van der Waals surface area contributed by atoms with Gasteiger partial charge in [0.25, 0.3) is 0 Å². The van der Waals surface area contributed by atoms with E-state index in [9.17, 15) is 13.2 Å². The van der Waals surface area contributed by atoms with Gasteiger partial charge in [0.1, 0.15) is 0 Å². The van der Waals surface area contributed by atoms with Crippen molar-refractivity contribution in [2.24, 2.45) is 5.92 Å². The zero-order chi connectivity index (χ0) is 21.7. The van der Waals surface area contributed by atoms with Crippen LogP contribution in [0.1, 0.15) is 24.0 Å². The van der Waals surface area contributed by atoms with Gasteiger partial charge in [0, 0.05) is 34.7 Å².